The van der Waals surface area contributed by atoms with Crippen LogP contribution in [0.5, 0.6) is 11.6 Å². The second kappa shape index (κ2) is 17.2. The van der Waals surface area contributed by atoms with Crippen LogP contribution in [0, 0.1) is 5.82 Å². The molecule has 6 rings (SSSR count). The molecule has 0 bridgehead atoms. The predicted octanol–water partition coefficient (Wildman–Crippen LogP) is 6.63. The molecule has 3 aliphatic rings. The summed E-state index contributed by atoms with van der Waals surface area (Å²) in [6.45, 7) is 12.7. The molecule has 3 fully saturated rings. The Bertz CT molecular complexity index is 1650. The molecule has 0 atom stereocenters. The van der Waals surface area contributed by atoms with Gasteiger partial charge in [0.15, 0.2) is 0 Å². The number of aromatic nitrogens is 1. The first-order valence-electron chi connectivity index (χ1n) is 18.0. The summed E-state index contributed by atoms with van der Waals surface area (Å²) in [5.41, 5.74) is 4.11. The molecule has 0 spiro atoms. The maximum Gasteiger partial charge on any atom is 0.407 e. The largest absolute Gasteiger partial charge is 0.444 e. The van der Waals surface area contributed by atoms with Crippen molar-refractivity contribution in [3.05, 3.63) is 77.2 Å². The van der Waals surface area contributed by atoms with Crippen molar-refractivity contribution in [1.82, 2.24) is 25.4 Å². The SMILES string of the molecule is CC(C)(C)OC(=O)NC1CCC(NC(=O)c2cc(F)cnc2Oc2cccc(-c3ccc(CN4CCSCC4)cc3CN3CCOCC3)c2)CC1. The highest BCUT2D eigenvalue weighted by molar-refractivity contribution is 7.99. The Labute approximate surface area is 304 Å². The van der Waals surface area contributed by atoms with Crippen LogP contribution in [0.3, 0.4) is 0 Å². The molecule has 274 valence electrons. The molecule has 2 aromatic carbocycles. The fourth-order valence-corrected chi connectivity index (χ4v) is 7.78. The fourth-order valence-electron chi connectivity index (χ4n) is 6.80. The lowest BCUT2D eigenvalue weighted by Gasteiger charge is -2.30. The van der Waals surface area contributed by atoms with E-state index in [2.05, 4.69) is 49.7 Å². The molecule has 0 unspecified atom stereocenters. The summed E-state index contributed by atoms with van der Waals surface area (Å²) in [6, 6.07) is 15.5. The lowest BCUT2D eigenvalue weighted by Crippen LogP contribution is -2.45. The summed E-state index contributed by atoms with van der Waals surface area (Å²) in [4.78, 5) is 34.8. The third kappa shape index (κ3) is 10.9. The Morgan fingerprint density at radius 3 is 2.35 bits per heavy atom. The van der Waals surface area contributed by atoms with E-state index in [0.717, 1.165) is 75.9 Å². The molecule has 2 amide bonds. The van der Waals surface area contributed by atoms with Crippen LogP contribution >= 0.6 is 11.8 Å². The number of benzene rings is 2. The Balaban J connectivity index is 1.14. The van der Waals surface area contributed by atoms with E-state index < -0.39 is 23.4 Å². The second-order valence-electron chi connectivity index (χ2n) is 14.6. The highest BCUT2D eigenvalue weighted by atomic mass is 32.2. The summed E-state index contributed by atoms with van der Waals surface area (Å²) in [6.07, 6.45) is 3.32. The van der Waals surface area contributed by atoms with Crippen molar-refractivity contribution in [2.45, 2.75) is 77.2 Å². The van der Waals surface area contributed by atoms with Gasteiger partial charge in [0.25, 0.3) is 5.91 Å². The molecule has 2 saturated heterocycles. The number of ether oxygens (including phenoxy) is 3. The first kappa shape index (κ1) is 37.1. The molecule has 2 aliphatic heterocycles. The van der Waals surface area contributed by atoms with Gasteiger partial charge >= 0.3 is 6.09 Å². The van der Waals surface area contributed by atoms with Gasteiger partial charge in [-0.1, -0.05) is 30.3 Å². The van der Waals surface area contributed by atoms with E-state index in [1.807, 2.05) is 50.7 Å². The van der Waals surface area contributed by atoms with E-state index in [9.17, 15) is 14.0 Å². The van der Waals surface area contributed by atoms with Gasteiger partial charge in [0.1, 0.15) is 22.7 Å². The Kier molecular flexibility index (Phi) is 12.5. The van der Waals surface area contributed by atoms with Gasteiger partial charge in [-0.15, -0.1) is 0 Å². The van der Waals surface area contributed by atoms with Crippen LogP contribution in [0.2, 0.25) is 0 Å². The number of hydrogen-bond donors (Lipinski definition) is 2. The topological polar surface area (TPSA) is 105 Å². The lowest BCUT2D eigenvalue weighted by molar-refractivity contribution is 0.0342. The first-order chi connectivity index (χ1) is 24.6. The second-order valence-corrected chi connectivity index (χ2v) is 15.8. The molecule has 2 N–H and O–H groups in total. The number of nitrogens with zero attached hydrogens (tertiary/aromatic N) is 3. The van der Waals surface area contributed by atoms with E-state index in [4.69, 9.17) is 14.2 Å². The van der Waals surface area contributed by atoms with Crippen molar-refractivity contribution in [1.29, 1.82) is 0 Å². The van der Waals surface area contributed by atoms with Crippen LogP contribution in [-0.2, 0) is 22.6 Å². The van der Waals surface area contributed by atoms with Crippen molar-refractivity contribution in [2.75, 3.05) is 50.9 Å². The molecule has 1 saturated carbocycles. The van der Waals surface area contributed by atoms with Crippen LogP contribution in [0.25, 0.3) is 11.1 Å². The van der Waals surface area contributed by atoms with E-state index in [-0.39, 0.29) is 23.5 Å². The number of nitrogens with one attached hydrogen (secondary N) is 2. The van der Waals surface area contributed by atoms with Gasteiger partial charge in [0.05, 0.1) is 19.4 Å². The molecule has 10 nitrogen and oxygen atoms in total. The molecule has 1 aliphatic carbocycles. The Morgan fingerprint density at radius 2 is 1.63 bits per heavy atom. The van der Waals surface area contributed by atoms with Gasteiger partial charge in [0.2, 0.25) is 5.88 Å². The van der Waals surface area contributed by atoms with Crippen molar-refractivity contribution < 1.29 is 28.2 Å². The smallest absolute Gasteiger partial charge is 0.407 e. The third-order valence-corrected chi connectivity index (χ3v) is 10.3. The van der Waals surface area contributed by atoms with Gasteiger partial charge in [-0.2, -0.15) is 11.8 Å². The lowest BCUT2D eigenvalue weighted by atomic mass is 9.91. The minimum Gasteiger partial charge on any atom is -0.444 e. The van der Waals surface area contributed by atoms with Crippen molar-refractivity contribution in [3.8, 4) is 22.8 Å². The number of hydrogen-bond acceptors (Lipinski definition) is 9. The van der Waals surface area contributed by atoms with Gasteiger partial charge in [-0.25, -0.2) is 14.2 Å². The quantitative estimate of drug-likeness (QED) is 0.239. The average Bonchev–Trinajstić information content (AvgIpc) is 3.10. The maximum atomic E-state index is 14.5. The average molecular weight is 720 g/mol. The summed E-state index contributed by atoms with van der Waals surface area (Å²) in [5, 5.41) is 5.95. The zero-order valence-corrected chi connectivity index (χ0v) is 30.7. The van der Waals surface area contributed by atoms with Crippen molar-refractivity contribution in [2.24, 2.45) is 0 Å². The van der Waals surface area contributed by atoms with Gasteiger partial charge in [-0.05, 0) is 86.9 Å². The van der Waals surface area contributed by atoms with Crippen LogP contribution in [0.15, 0.2) is 54.7 Å². The number of rotatable bonds is 10. The van der Waals surface area contributed by atoms with Gasteiger partial charge in [-0.3, -0.25) is 14.6 Å². The molecule has 0 radical (unpaired) electrons. The molecular weight excluding hydrogens is 670 g/mol. The van der Waals surface area contributed by atoms with Crippen LogP contribution in [-0.4, -0.2) is 95.4 Å². The van der Waals surface area contributed by atoms with Crippen molar-refractivity contribution >= 4 is 23.8 Å². The summed E-state index contributed by atoms with van der Waals surface area (Å²) < 4.78 is 31.7. The van der Waals surface area contributed by atoms with Crippen molar-refractivity contribution in [3.63, 3.8) is 0 Å². The Hall–Kier alpha value is -3.71. The summed E-state index contributed by atoms with van der Waals surface area (Å²) in [5.74, 6) is 1.81. The zero-order chi connectivity index (χ0) is 35.8. The monoisotopic (exact) mass is 719 g/mol. The van der Waals surface area contributed by atoms with Crippen LogP contribution in [0.1, 0.15) is 67.9 Å². The predicted molar refractivity (Wildman–Crippen MR) is 198 cm³/mol. The number of thioether (sulfide) groups is 1. The number of carbonyl (C=O) groups is 2. The van der Waals surface area contributed by atoms with Crippen LogP contribution < -0.4 is 15.4 Å². The Morgan fingerprint density at radius 1 is 0.922 bits per heavy atom. The molecule has 1 aromatic heterocycles. The normalized spacial score (nSPS) is 20.4. The van der Waals surface area contributed by atoms with E-state index in [0.29, 0.717) is 31.4 Å². The number of carbonyl (C=O) groups excluding carboxylic acids is 2. The first-order valence-corrected chi connectivity index (χ1v) is 19.2. The van der Waals surface area contributed by atoms with E-state index in [1.54, 1.807) is 0 Å². The minimum atomic E-state index is -0.623. The molecular formula is C39H50FN5O5S. The number of halogens is 1. The minimum absolute atomic E-state index is 0.0304. The number of amides is 2. The standard InChI is InChI=1S/C39H50FN5O5S/c1-39(2,3)50-38(47)43-32-10-8-31(9-11-32)42-36(46)35-23-30(40)24-41-37(35)49-33-6-4-5-28(22-33)34-12-7-27(25-45-15-19-51-20-16-45)21-29(34)26-44-13-17-48-18-14-44/h4-7,12,21-24,31-32H,8-11,13-20,25-26H2,1-3H3,(H,42,46)(H,43,47). The number of pyridine rings is 1. The fraction of sp³-hybridized carbons (Fsp3) is 0.513. The molecule has 3 aromatic rings. The molecule has 51 heavy (non-hydrogen) atoms. The zero-order valence-electron chi connectivity index (χ0n) is 29.9. The third-order valence-electron chi connectivity index (χ3n) is 9.38. The summed E-state index contributed by atoms with van der Waals surface area (Å²) >= 11 is 2.02. The molecule has 12 heteroatoms. The van der Waals surface area contributed by atoms with E-state index in [1.165, 1.54) is 22.6 Å². The highest BCUT2D eigenvalue weighted by Crippen LogP contribution is 2.32. The molecule has 3 heterocycles. The van der Waals surface area contributed by atoms with Gasteiger partial charge in [0, 0.05) is 62.9 Å². The summed E-state index contributed by atoms with van der Waals surface area (Å²) in [7, 11) is 0. The highest BCUT2D eigenvalue weighted by Gasteiger charge is 2.27. The van der Waals surface area contributed by atoms with E-state index >= 15 is 0 Å². The maximum absolute atomic E-state index is 14.5. The van der Waals surface area contributed by atoms with Gasteiger partial charge < -0.3 is 24.8 Å². The van der Waals surface area contributed by atoms with Crippen LogP contribution in [0.4, 0.5) is 9.18 Å². The number of morpholine rings is 1. The number of alkyl carbamates (subject to hydrolysis) is 1.